The maximum absolute atomic E-state index is 13.4. The van der Waals surface area contributed by atoms with Gasteiger partial charge in [-0.2, -0.15) is 13.2 Å². The average Bonchev–Trinajstić information content (AvgIpc) is 2.78. The van der Waals surface area contributed by atoms with Crippen LogP contribution < -0.4 is 20.8 Å². The molecule has 1 aromatic heterocycles. The van der Waals surface area contributed by atoms with Crippen LogP contribution in [0.3, 0.4) is 0 Å². The highest BCUT2D eigenvalue weighted by atomic mass is 35.5. The summed E-state index contributed by atoms with van der Waals surface area (Å²) in [4.78, 5) is 36.4. The molecule has 0 unspecified atom stereocenters. The van der Waals surface area contributed by atoms with E-state index < -0.39 is 52.8 Å². The lowest BCUT2D eigenvalue weighted by Gasteiger charge is -2.11. The first-order chi connectivity index (χ1) is 16.4. The molecule has 0 aliphatic heterocycles. The van der Waals surface area contributed by atoms with Gasteiger partial charge in [-0.1, -0.05) is 18.2 Å². The molecule has 0 spiro atoms. The molecule has 0 saturated heterocycles. The van der Waals surface area contributed by atoms with Gasteiger partial charge in [0.05, 0.1) is 16.0 Å². The minimum atomic E-state index is -4.65. The van der Waals surface area contributed by atoms with Crippen molar-refractivity contribution in [2.24, 2.45) is 0 Å². The zero-order chi connectivity index (χ0) is 25.8. The molecule has 2 aromatic carbocycles. The Morgan fingerprint density at radius 1 is 1.11 bits per heavy atom. The second-order valence-corrected chi connectivity index (χ2v) is 7.61. The van der Waals surface area contributed by atoms with E-state index in [0.717, 1.165) is 24.3 Å². The number of ether oxygens (including phenoxy) is 1. The summed E-state index contributed by atoms with van der Waals surface area (Å²) in [7, 11) is 0. The van der Waals surface area contributed by atoms with Gasteiger partial charge in [0.15, 0.2) is 17.8 Å². The molecule has 0 aliphatic rings. The number of benzene rings is 2. The average molecular weight is 513 g/mol. The molecule has 184 valence electrons. The van der Waals surface area contributed by atoms with Crippen molar-refractivity contribution in [3.8, 4) is 5.75 Å². The molecule has 12 heteroatoms. The van der Waals surface area contributed by atoms with Gasteiger partial charge >= 0.3 is 6.18 Å². The van der Waals surface area contributed by atoms with Crippen molar-refractivity contribution < 1.29 is 36.3 Å². The number of halogens is 5. The van der Waals surface area contributed by atoms with Gasteiger partial charge in [-0.3, -0.25) is 14.4 Å². The van der Waals surface area contributed by atoms with Crippen molar-refractivity contribution in [1.29, 1.82) is 0 Å². The summed E-state index contributed by atoms with van der Waals surface area (Å²) in [5.41, 5.74) is -1.97. The molecule has 0 saturated carbocycles. The van der Waals surface area contributed by atoms with Crippen molar-refractivity contribution in [1.82, 2.24) is 10.6 Å². The van der Waals surface area contributed by atoms with Crippen LogP contribution in [0.5, 0.6) is 5.75 Å². The summed E-state index contributed by atoms with van der Waals surface area (Å²) < 4.78 is 62.5. The molecule has 0 fully saturated rings. The maximum Gasteiger partial charge on any atom is 0.416 e. The van der Waals surface area contributed by atoms with E-state index in [1.54, 1.807) is 0 Å². The number of alkyl halides is 3. The first-order valence-electron chi connectivity index (χ1n) is 9.93. The number of fused-ring (bicyclic) bond motifs is 1. The molecule has 35 heavy (non-hydrogen) atoms. The first-order valence-corrected chi connectivity index (χ1v) is 10.3. The quantitative estimate of drug-likeness (QED) is 0.435. The normalized spacial score (nSPS) is 11.2. The predicted octanol–water partition coefficient (Wildman–Crippen LogP) is 4.43. The molecule has 3 rings (SSSR count). The minimum absolute atomic E-state index is 0.0485. The van der Waals surface area contributed by atoms with E-state index in [2.05, 4.69) is 17.2 Å². The van der Waals surface area contributed by atoms with Crippen molar-refractivity contribution in [3.05, 3.63) is 87.1 Å². The lowest BCUT2D eigenvalue weighted by atomic mass is 10.1. The molecule has 1 heterocycles. The zero-order valence-corrected chi connectivity index (χ0v) is 18.6. The molecule has 0 atom stereocenters. The lowest BCUT2D eigenvalue weighted by Crippen LogP contribution is -2.31. The van der Waals surface area contributed by atoms with Crippen LogP contribution in [0.1, 0.15) is 22.5 Å². The Balaban J connectivity index is 1.52. The second kappa shape index (κ2) is 10.6. The van der Waals surface area contributed by atoms with E-state index in [0.29, 0.717) is 6.07 Å². The third-order valence-corrected chi connectivity index (χ3v) is 4.89. The fraction of sp³-hybridized carbons (Fsp3) is 0.174. The molecule has 2 N–H and O–H groups in total. The number of hydrogen-bond donors (Lipinski definition) is 2. The summed E-state index contributed by atoms with van der Waals surface area (Å²) in [5, 5.41) is 4.65. The molecule has 0 bridgehead atoms. The van der Waals surface area contributed by atoms with E-state index in [1.807, 2.05) is 0 Å². The van der Waals surface area contributed by atoms with Crippen LogP contribution in [-0.4, -0.2) is 25.0 Å². The summed E-state index contributed by atoms with van der Waals surface area (Å²) in [6.07, 6.45) is -4.57. The maximum atomic E-state index is 13.4. The number of amides is 2. The SMILES string of the molecule is C=C(CCNC(=O)COc1ccc(Cl)c(F)c1)NC(=O)c1cc(=O)c2ccc(C(F)(F)F)cc2o1. The van der Waals surface area contributed by atoms with Gasteiger partial charge < -0.3 is 19.8 Å². The molecular formula is C23H17ClF4N2O5. The first kappa shape index (κ1) is 25.8. The van der Waals surface area contributed by atoms with Crippen molar-refractivity contribution >= 4 is 34.4 Å². The summed E-state index contributed by atoms with van der Waals surface area (Å²) >= 11 is 5.56. The fourth-order valence-corrected chi connectivity index (χ4v) is 2.96. The number of nitrogens with one attached hydrogen (secondary N) is 2. The smallest absolute Gasteiger partial charge is 0.416 e. The van der Waals surface area contributed by atoms with Gasteiger partial charge in [-0.05, 0) is 30.3 Å². The molecule has 3 aromatic rings. The Morgan fingerprint density at radius 2 is 1.86 bits per heavy atom. The molecular weight excluding hydrogens is 496 g/mol. The second-order valence-electron chi connectivity index (χ2n) is 7.21. The van der Waals surface area contributed by atoms with Gasteiger partial charge in [0.25, 0.3) is 11.8 Å². The van der Waals surface area contributed by atoms with E-state index in [9.17, 15) is 31.9 Å². The largest absolute Gasteiger partial charge is 0.484 e. The van der Waals surface area contributed by atoms with Crippen LogP contribution in [0.2, 0.25) is 5.02 Å². The van der Waals surface area contributed by atoms with Gasteiger partial charge in [-0.15, -0.1) is 0 Å². The number of carbonyl (C=O) groups is 2. The molecule has 0 aliphatic carbocycles. The fourth-order valence-electron chi connectivity index (χ4n) is 2.85. The molecule has 2 amide bonds. The Hall–Kier alpha value is -3.86. The van der Waals surface area contributed by atoms with Crippen molar-refractivity contribution in [2.75, 3.05) is 13.2 Å². The van der Waals surface area contributed by atoms with E-state index >= 15 is 0 Å². The number of rotatable bonds is 8. The van der Waals surface area contributed by atoms with Gasteiger partial charge in [-0.25, -0.2) is 4.39 Å². The Labute approximate surface area is 200 Å². The van der Waals surface area contributed by atoms with Crippen LogP contribution in [0.15, 0.2) is 64.0 Å². The highest BCUT2D eigenvalue weighted by molar-refractivity contribution is 6.30. The predicted molar refractivity (Wildman–Crippen MR) is 119 cm³/mol. The van der Waals surface area contributed by atoms with Crippen LogP contribution in [0.25, 0.3) is 11.0 Å². The standard InChI is InChI=1S/C23H17ClF4N2O5/c1-12(6-7-29-21(32)11-34-14-3-5-16(24)17(25)9-14)30-22(33)20-10-18(31)15-4-2-13(23(26,27)28)8-19(15)35-20/h2-5,8-10H,1,6-7,11H2,(H,29,32)(H,30,33). The van der Waals surface area contributed by atoms with Crippen LogP contribution in [0.4, 0.5) is 17.6 Å². The summed E-state index contributed by atoms with van der Waals surface area (Å²) in [5.74, 6) is -2.51. The van der Waals surface area contributed by atoms with Gasteiger partial charge in [0.2, 0.25) is 0 Å². The third kappa shape index (κ3) is 6.82. The topological polar surface area (TPSA) is 97.6 Å². The van der Waals surface area contributed by atoms with Crippen LogP contribution >= 0.6 is 11.6 Å². The van der Waals surface area contributed by atoms with Crippen LogP contribution in [0, 0.1) is 5.82 Å². The summed E-state index contributed by atoms with van der Waals surface area (Å²) in [6.45, 7) is 3.27. The van der Waals surface area contributed by atoms with Gasteiger partial charge in [0.1, 0.15) is 17.1 Å². The Bertz CT molecular complexity index is 1350. The van der Waals surface area contributed by atoms with Crippen molar-refractivity contribution in [2.45, 2.75) is 12.6 Å². The monoisotopic (exact) mass is 512 g/mol. The van der Waals surface area contributed by atoms with Crippen molar-refractivity contribution in [3.63, 3.8) is 0 Å². The Kier molecular flexibility index (Phi) is 7.80. The third-order valence-electron chi connectivity index (χ3n) is 4.58. The van der Waals surface area contributed by atoms with E-state index in [-0.39, 0.29) is 34.8 Å². The molecule has 7 nitrogen and oxygen atoms in total. The lowest BCUT2D eigenvalue weighted by molar-refractivity contribution is -0.137. The number of carbonyl (C=O) groups excluding carboxylic acids is 2. The number of hydrogen-bond acceptors (Lipinski definition) is 5. The van der Waals surface area contributed by atoms with E-state index in [4.69, 9.17) is 20.8 Å². The highest BCUT2D eigenvalue weighted by Crippen LogP contribution is 2.31. The van der Waals surface area contributed by atoms with Crippen LogP contribution in [-0.2, 0) is 11.0 Å². The highest BCUT2D eigenvalue weighted by Gasteiger charge is 2.31. The minimum Gasteiger partial charge on any atom is -0.484 e. The van der Waals surface area contributed by atoms with E-state index in [1.165, 1.54) is 12.1 Å². The Morgan fingerprint density at radius 3 is 2.54 bits per heavy atom. The van der Waals surface area contributed by atoms with Gasteiger partial charge in [0, 0.05) is 30.8 Å². The summed E-state index contributed by atoms with van der Waals surface area (Å²) in [6, 6.07) is 6.92. The molecule has 0 radical (unpaired) electrons. The zero-order valence-electron chi connectivity index (χ0n) is 17.8.